The van der Waals surface area contributed by atoms with E-state index in [2.05, 4.69) is 36.5 Å². The molecule has 1 heterocycles. The first-order valence-electron chi connectivity index (χ1n) is 5.90. The fraction of sp³-hybridized carbons (Fsp3) is 0.0625. The molecule has 0 aliphatic heterocycles. The van der Waals surface area contributed by atoms with Crippen molar-refractivity contribution in [1.29, 1.82) is 5.26 Å². The van der Waals surface area contributed by atoms with Gasteiger partial charge in [-0.25, -0.2) is 0 Å². The van der Waals surface area contributed by atoms with Crippen LogP contribution in [0.15, 0.2) is 60.8 Å². The molecule has 0 radical (unpaired) electrons. The molecule has 1 aromatic heterocycles. The zero-order valence-corrected chi connectivity index (χ0v) is 9.88. The van der Waals surface area contributed by atoms with Crippen LogP contribution in [0.5, 0.6) is 0 Å². The standard InChI is InChI=1S/C16H12N2/c17-10-11-18-12-15(13-6-2-1-3-7-13)14-8-4-5-9-16(14)18/h1-9,12H,11H2. The molecule has 2 nitrogen and oxygen atoms in total. The van der Waals surface area contributed by atoms with Gasteiger partial charge in [-0.1, -0.05) is 48.5 Å². The summed E-state index contributed by atoms with van der Waals surface area (Å²) < 4.78 is 2.00. The maximum atomic E-state index is 8.89. The summed E-state index contributed by atoms with van der Waals surface area (Å²) in [5.41, 5.74) is 3.48. The lowest BCUT2D eigenvalue weighted by Gasteiger charge is -1.97. The van der Waals surface area contributed by atoms with Crippen molar-refractivity contribution >= 4 is 10.9 Å². The molecule has 3 aromatic rings. The van der Waals surface area contributed by atoms with Crippen LogP contribution in [0.2, 0.25) is 0 Å². The summed E-state index contributed by atoms with van der Waals surface area (Å²) in [5.74, 6) is 0. The molecular formula is C16H12N2. The minimum absolute atomic E-state index is 0.382. The molecule has 2 aromatic carbocycles. The first kappa shape index (κ1) is 10.6. The van der Waals surface area contributed by atoms with E-state index in [4.69, 9.17) is 5.26 Å². The molecule has 2 heteroatoms. The van der Waals surface area contributed by atoms with Gasteiger partial charge < -0.3 is 4.57 Å². The number of rotatable bonds is 2. The largest absolute Gasteiger partial charge is 0.333 e. The molecule has 0 bridgehead atoms. The van der Waals surface area contributed by atoms with Crippen LogP contribution in [0.1, 0.15) is 0 Å². The van der Waals surface area contributed by atoms with Gasteiger partial charge in [-0.05, 0) is 11.6 Å². The second-order valence-corrected chi connectivity index (χ2v) is 4.21. The summed E-state index contributed by atoms with van der Waals surface area (Å²) in [5, 5.41) is 10.1. The Labute approximate surface area is 106 Å². The third-order valence-corrected chi connectivity index (χ3v) is 3.11. The Balaban J connectivity index is 2.28. The van der Waals surface area contributed by atoms with E-state index in [1.54, 1.807) is 0 Å². The predicted octanol–water partition coefficient (Wildman–Crippen LogP) is 3.83. The topological polar surface area (TPSA) is 28.7 Å². The third kappa shape index (κ3) is 1.66. The normalized spacial score (nSPS) is 10.4. The van der Waals surface area contributed by atoms with Gasteiger partial charge in [0.05, 0.1) is 6.07 Å². The molecule has 86 valence electrons. The lowest BCUT2D eigenvalue weighted by Crippen LogP contribution is -1.91. The number of fused-ring (bicyclic) bond motifs is 1. The predicted molar refractivity (Wildman–Crippen MR) is 73.0 cm³/mol. The van der Waals surface area contributed by atoms with Gasteiger partial charge in [0.15, 0.2) is 0 Å². The van der Waals surface area contributed by atoms with Crippen LogP contribution in [-0.2, 0) is 6.54 Å². The highest BCUT2D eigenvalue weighted by atomic mass is 15.0. The molecule has 0 amide bonds. The van der Waals surface area contributed by atoms with E-state index >= 15 is 0 Å². The number of nitrogens with zero attached hydrogens (tertiary/aromatic N) is 2. The van der Waals surface area contributed by atoms with Crippen molar-refractivity contribution in [3.63, 3.8) is 0 Å². The van der Waals surface area contributed by atoms with Gasteiger partial charge in [0.25, 0.3) is 0 Å². The number of aromatic nitrogens is 1. The Kier molecular flexibility index (Phi) is 2.59. The summed E-state index contributed by atoms with van der Waals surface area (Å²) >= 11 is 0. The van der Waals surface area contributed by atoms with Crippen LogP contribution in [0.25, 0.3) is 22.0 Å². The second kappa shape index (κ2) is 4.38. The average molecular weight is 232 g/mol. The van der Waals surface area contributed by atoms with Crippen molar-refractivity contribution in [2.45, 2.75) is 6.54 Å². The fourth-order valence-corrected chi connectivity index (χ4v) is 2.30. The van der Waals surface area contributed by atoms with Gasteiger partial charge in [-0.2, -0.15) is 5.26 Å². The van der Waals surface area contributed by atoms with Crippen molar-refractivity contribution in [2.75, 3.05) is 0 Å². The van der Waals surface area contributed by atoms with E-state index in [9.17, 15) is 0 Å². The Hall–Kier alpha value is -2.53. The Morgan fingerprint density at radius 1 is 0.944 bits per heavy atom. The highest BCUT2D eigenvalue weighted by Crippen LogP contribution is 2.30. The van der Waals surface area contributed by atoms with Gasteiger partial charge in [0, 0.05) is 22.7 Å². The van der Waals surface area contributed by atoms with E-state index in [1.165, 1.54) is 16.5 Å². The summed E-state index contributed by atoms with van der Waals surface area (Å²) in [6, 6.07) is 20.7. The smallest absolute Gasteiger partial charge is 0.110 e. The molecule has 0 saturated heterocycles. The Morgan fingerprint density at radius 2 is 1.67 bits per heavy atom. The molecule has 0 fully saturated rings. The average Bonchev–Trinajstić information content (AvgIpc) is 2.80. The third-order valence-electron chi connectivity index (χ3n) is 3.11. The maximum absolute atomic E-state index is 8.89. The van der Waals surface area contributed by atoms with Crippen molar-refractivity contribution in [3.8, 4) is 17.2 Å². The van der Waals surface area contributed by atoms with Crippen molar-refractivity contribution in [2.24, 2.45) is 0 Å². The van der Waals surface area contributed by atoms with Crippen LogP contribution in [0.3, 0.4) is 0 Å². The minimum atomic E-state index is 0.382. The molecule has 0 N–H and O–H groups in total. The van der Waals surface area contributed by atoms with E-state index in [-0.39, 0.29) is 0 Å². The van der Waals surface area contributed by atoms with E-state index in [0.29, 0.717) is 6.54 Å². The van der Waals surface area contributed by atoms with E-state index in [1.807, 2.05) is 34.9 Å². The van der Waals surface area contributed by atoms with Crippen LogP contribution in [0, 0.1) is 11.3 Å². The van der Waals surface area contributed by atoms with Gasteiger partial charge >= 0.3 is 0 Å². The highest BCUT2D eigenvalue weighted by Gasteiger charge is 2.08. The number of nitriles is 1. The monoisotopic (exact) mass is 232 g/mol. The molecule has 3 rings (SSSR count). The van der Waals surface area contributed by atoms with Crippen LogP contribution in [-0.4, -0.2) is 4.57 Å². The summed E-state index contributed by atoms with van der Waals surface area (Å²) in [7, 11) is 0. The SMILES string of the molecule is N#CCn1cc(-c2ccccc2)c2ccccc21. The zero-order valence-electron chi connectivity index (χ0n) is 9.88. The molecule has 0 unspecified atom stereocenters. The Bertz CT molecular complexity index is 718. The van der Waals surface area contributed by atoms with Crippen LogP contribution < -0.4 is 0 Å². The second-order valence-electron chi connectivity index (χ2n) is 4.21. The van der Waals surface area contributed by atoms with Gasteiger partial charge in [-0.15, -0.1) is 0 Å². The quantitative estimate of drug-likeness (QED) is 0.660. The lowest BCUT2D eigenvalue weighted by molar-refractivity contribution is 0.875. The molecule has 18 heavy (non-hydrogen) atoms. The molecule has 0 saturated carbocycles. The molecule has 0 aliphatic rings. The molecule has 0 aliphatic carbocycles. The van der Waals surface area contributed by atoms with Crippen molar-refractivity contribution in [1.82, 2.24) is 4.57 Å². The first-order valence-corrected chi connectivity index (χ1v) is 5.90. The van der Waals surface area contributed by atoms with E-state index < -0.39 is 0 Å². The molecular weight excluding hydrogens is 220 g/mol. The number of hydrogen-bond donors (Lipinski definition) is 0. The number of para-hydroxylation sites is 1. The van der Waals surface area contributed by atoms with Crippen molar-refractivity contribution in [3.05, 3.63) is 60.8 Å². The number of benzene rings is 2. The van der Waals surface area contributed by atoms with Gasteiger partial charge in [-0.3, -0.25) is 0 Å². The van der Waals surface area contributed by atoms with Crippen LogP contribution >= 0.6 is 0 Å². The van der Waals surface area contributed by atoms with Crippen molar-refractivity contribution < 1.29 is 0 Å². The molecule has 0 spiro atoms. The fourth-order valence-electron chi connectivity index (χ4n) is 2.30. The summed E-state index contributed by atoms with van der Waals surface area (Å²) in [6.45, 7) is 0.382. The number of hydrogen-bond acceptors (Lipinski definition) is 1. The van der Waals surface area contributed by atoms with Gasteiger partial charge in [0.2, 0.25) is 0 Å². The minimum Gasteiger partial charge on any atom is -0.333 e. The van der Waals surface area contributed by atoms with Crippen LogP contribution in [0.4, 0.5) is 0 Å². The maximum Gasteiger partial charge on any atom is 0.110 e. The lowest BCUT2D eigenvalue weighted by atomic mass is 10.1. The summed E-state index contributed by atoms with van der Waals surface area (Å²) in [6.07, 6.45) is 2.06. The first-order chi connectivity index (χ1) is 8.90. The molecule has 0 atom stereocenters. The summed E-state index contributed by atoms with van der Waals surface area (Å²) in [4.78, 5) is 0. The Morgan fingerprint density at radius 3 is 2.44 bits per heavy atom. The van der Waals surface area contributed by atoms with Gasteiger partial charge in [0.1, 0.15) is 6.54 Å². The van der Waals surface area contributed by atoms with E-state index in [0.717, 1.165) is 5.52 Å². The zero-order chi connectivity index (χ0) is 12.4. The highest BCUT2D eigenvalue weighted by molar-refractivity contribution is 5.96.